The van der Waals surface area contributed by atoms with E-state index in [1.807, 2.05) is 36.4 Å². The van der Waals surface area contributed by atoms with Gasteiger partial charge in [-0.2, -0.15) is 9.61 Å². The highest BCUT2D eigenvalue weighted by Crippen LogP contribution is 2.37. The van der Waals surface area contributed by atoms with Crippen LogP contribution in [0.15, 0.2) is 71.3 Å². The van der Waals surface area contributed by atoms with Crippen LogP contribution in [-0.4, -0.2) is 38.7 Å². The van der Waals surface area contributed by atoms with Crippen LogP contribution in [0, 0.1) is 5.92 Å². The third-order valence-corrected chi connectivity index (χ3v) is 7.69. The largest absolute Gasteiger partial charge is 0.507 e. The van der Waals surface area contributed by atoms with Crippen molar-refractivity contribution >= 4 is 33.3 Å². The van der Waals surface area contributed by atoms with Crippen molar-refractivity contribution < 1.29 is 9.90 Å². The van der Waals surface area contributed by atoms with Crippen LogP contribution >= 0.6 is 15.9 Å². The molecule has 192 valence electrons. The molecule has 0 spiro atoms. The number of nitrogens with zero attached hydrogens (tertiary/aromatic N) is 3. The molecular weight excluding hydrogens is 530 g/mol. The third kappa shape index (κ3) is 5.80. The molecule has 2 heterocycles. The maximum atomic E-state index is 13.2. The first-order valence-corrected chi connectivity index (χ1v) is 13.8. The first-order chi connectivity index (χ1) is 18.1. The molecule has 5 rings (SSSR count). The lowest BCUT2D eigenvalue weighted by Gasteiger charge is -2.23. The second-order valence-corrected chi connectivity index (χ2v) is 10.5. The van der Waals surface area contributed by atoms with Gasteiger partial charge in [0.2, 0.25) is 5.91 Å². The lowest BCUT2D eigenvalue weighted by atomic mass is 9.84. The Balaban J connectivity index is 1.18. The lowest BCUT2D eigenvalue weighted by Crippen LogP contribution is -2.33. The molecule has 0 radical (unpaired) electrons. The Hall–Kier alpha value is -3.39. The second kappa shape index (κ2) is 11.8. The molecule has 2 aromatic heterocycles. The van der Waals surface area contributed by atoms with Crippen LogP contribution in [0.4, 0.5) is 5.82 Å². The Bertz CT molecular complexity index is 1350. The molecule has 8 heteroatoms. The fourth-order valence-corrected chi connectivity index (χ4v) is 5.62. The first-order valence-electron chi connectivity index (χ1n) is 13.0. The minimum atomic E-state index is -0.0574. The molecule has 1 amide bonds. The summed E-state index contributed by atoms with van der Waals surface area (Å²) in [5, 5.41) is 21.4. The number of amides is 1. The van der Waals surface area contributed by atoms with E-state index in [0.717, 1.165) is 48.1 Å². The monoisotopic (exact) mass is 561 g/mol. The molecule has 0 aliphatic heterocycles. The molecular formula is C29H32BrN5O2. The van der Waals surface area contributed by atoms with Crippen molar-refractivity contribution in [1.82, 2.24) is 19.9 Å². The van der Waals surface area contributed by atoms with E-state index in [1.54, 1.807) is 22.8 Å². The van der Waals surface area contributed by atoms with E-state index in [1.165, 1.54) is 12.8 Å². The minimum Gasteiger partial charge on any atom is -0.507 e. The quantitative estimate of drug-likeness (QED) is 0.202. The Morgan fingerprint density at radius 1 is 1.05 bits per heavy atom. The summed E-state index contributed by atoms with van der Waals surface area (Å²) in [7, 11) is 0. The molecule has 7 nitrogen and oxygen atoms in total. The standard InChI is InChI=1S/C29H32BrN5O2/c30-23-19-33-35-26(18-24(34-28(23)35)22-14-6-7-15-25(22)36)31-16-8-9-17-32-29(37)27(21-12-4-5-13-21)20-10-2-1-3-11-20/h1-3,6-7,10-11,14-15,18-19,21,27,31,36H,4-5,8-9,12-13,16-17H2,(H,32,37). The average Bonchev–Trinajstić information content (AvgIpc) is 3.57. The van der Waals surface area contributed by atoms with Crippen molar-refractivity contribution in [3.8, 4) is 17.0 Å². The highest BCUT2D eigenvalue weighted by Gasteiger charge is 2.31. The Morgan fingerprint density at radius 3 is 2.57 bits per heavy atom. The van der Waals surface area contributed by atoms with Crippen LogP contribution in [0.25, 0.3) is 16.9 Å². The zero-order valence-electron chi connectivity index (χ0n) is 20.7. The molecule has 0 bridgehead atoms. The van der Waals surface area contributed by atoms with Gasteiger partial charge < -0.3 is 15.7 Å². The zero-order valence-corrected chi connectivity index (χ0v) is 22.3. The number of nitrogens with one attached hydrogen (secondary N) is 2. The van der Waals surface area contributed by atoms with Crippen molar-refractivity contribution in [1.29, 1.82) is 0 Å². The van der Waals surface area contributed by atoms with Crippen LogP contribution in [0.1, 0.15) is 50.0 Å². The third-order valence-electron chi connectivity index (χ3n) is 7.13. The predicted octanol–water partition coefficient (Wildman–Crippen LogP) is 6.15. The molecule has 1 saturated carbocycles. The van der Waals surface area contributed by atoms with Crippen molar-refractivity contribution in [3.63, 3.8) is 0 Å². The van der Waals surface area contributed by atoms with Gasteiger partial charge in [0.05, 0.1) is 22.3 Å². The van der Waals surface area contributed by atoms with Crippen molar-refractivity contribution in [2.24, 2.45) is 5.92 Å². The topological polar surface area (TPSA) is 91.5 Å². The maximum Gasteiger partial charge on any atom is 0.227 e. The summed E-state index contributed by atoms with van der Waals surface area (Å²) in [6, 6.07) is 19.3. The van der Waals surface area contributed by atoms with E-state index in [0.29, 0.717) is 29.4 Å². The molecule has 1 aliphatic rings. The smallest absolute Gasteiger partial charge is 0.227 e. The number of aromatic hydroxyl groups is 1. The Morgan fingerprint density at radius 2 is 1.78 bits per heavy atom. The van der Waals surface area contributed by atoms with Crippen LogP contribution < -0.4 is 10.6 Å². The van der Waals surface area contributed by atoms with Gasteiger partial charge in [0.1, 0.15) is 11.6 Å². The number of halogens is 1. The number of carbonyl (C=O) groups is 1. The molecule has 1 fully saturated rings. The maximum absolute atomic E-state index is 13.2. The van der Waals surface area contributed by atoms with Gasteiger partial charge in [-0.1, -0.05) is 55.3 Å². The number of phenols is 1. The Kier molecular flexibility index (Phi) is 8.04. The second-order valence-electron chi connectivity index (χ2n) is 9.63. The number of benzene rings is 2. The summed E-state index contributed by atoms with van der Waals surface area (Å²) in [5.74, 6) is 1.50. The van der Waals surface area contributed by atoms with E-state index in [4.69, 9.17) is 0 Å². The number of phenolic OH excluding ortho intramolecular Hbond substituents is 1. The highest BCUT2D eigenvalue weighted by atomic mass is 79.9. The lowest BCUT2D eigenvalue weighted by molar-refractivity contribution is -0.123. The minimum absolute atomic E-state index is 0.0574. The zero-order chi connectivity index (χ0) is 25.6. The van der Waals surface area contributed by atoms with Crippen LogP contribution in [0.5, 0.6) is 5.75 Å². The fourth-order valence-electron chi connectivity index (χ4n) is 5.27. The molecule has 4 aromatic rings. The Labute approximate surface area is 225 Å². The highest BCUT2D eigenvalue weighted by molar-refractivity contribution is 9.10. The van der Waals surface area contributed by atoms with E-state index >= 15 is 0 Å². The van der Waals surface area contributed by atoms with Gasteiger partial charge in [-0.15, -0.1) is 0 Å². The first kappa shape index (κ1) is 25.3. The van der Waals surface area contributed by atoms with Crippen molar-refractivity contribution in [2.45, 2.75) is 44.4 Å². The van der Waals surface area contributed by atoms with Gasteiger partial charge in [-0.05, 0) is 65.2 Å². The SMILES string of the molecule is O=C(NCCCCNc1cc(-c2ccccc2O)nc2c(Br)cnn12)C(c1ccccc1)C1CCCC1. The van der Waals surface area contributed by atoms with Crippen LogP contribution in [0.3, 0.4) is 0 Å². The van der Waals surface area contributed by atoms with Crippen molar-refractivity contribution in [3.05, 3.63) is 76.9 Å². The average molecular weight is 563 g/mol. The molecule has 2 aromatic carbocycles. The number of rotatable bonds is 10. The van der Waals surface area contributed by atoms with Crippen LogP contribution in [0.2, 0.25) is 0 Å². The van der Waals surface area contributed by atoms with Crippen LogP contribution in [-0.2, 0) is 4.79 Å². The summed E-state index contributed by atoms with van der Waals surface area (Å²) in [5.41, 5.74) is 3.13. The van der Waals surface area contributed by atoms with Crippen molar-refractivity contribution in [2.75, 3.05) is 18.4 Å². The van der Waals surface area contributed by atoms with E-state index < -0.39 is 0 Å². The summed E-state index contributed by atoms with van der Waals surface area (Å²) in [6.45, 7) is 1.37. The molecule has 1 aliphatic carbocycles. The predicted molar refractivity (Wildman–Crippen MR) is 150 cm³/mol. The van der Waals surface area contributed by atoms with Gasteiger partial charge in [0, 0.05) is 24.7 Å². The summed E-state index contributed by atoms with van der Waals surface area (Å²) in [6.07, 6.45) is 8.16. The fraction of sp³-hybridized carbons (Fsp3) is 0.345. The number of carbonyl (C=O) groups excluding carboxylic acids is 1. The van der Waals surface area contributed by atoms with E-state index in [2.05, 4.69) is 48.8 Å². The molecule has 37 heavy (non-hydrogen) atoms. The molecule has 0 saturated heterocycles. The number of anilines is 1. The summed E-state index contributed by atoms with van der Waals surface area (Å²) < 4.78 is 2.53. The number of para-hydroxylation sites is 1. The molecule has 1 unspecified atom stereocenters. The number of unbranched alkanes of at least 4 members (excludes halogenated alkanes) is 1. The summed E-state index contributed by atoms with van der Waals surface area (Å²) >= 11 is 3.52. The van der Waals surface area contributed by atoms with E-state index in [-0.39, 0.29) is 17.6 Å². The normalized spacial score (nSPS) is 14.6. The number of hydrogen-bond donors (Lipinski definition) is 3. The number of fused-ring (bicyclic) bond motifs is 1. The van der Waals surface area contributed by atoms with Gasteiger partial charge in [-0.25, -0.2) is 4.98 Å². The van der Waals surface area contributed by atoms with Gasteiger partial charge in [0.25, 0.3) is 0 Å². The van der Waals surface area contributed by atoms with E-state index in [9.17, 15) is 9.90 Å². The van der Waals surface area contributed by atoms with Gasteiger partial charge >= 0.3 is 0 Å². The van der Waals surface area contributed by atoms with Gasteiger partial charge in [-0.3, -0.25) is 4.79 Å². The molecule has 1 atom stereocenters. The number of hydrogen-bond acceptors (Lipinski definition) is 5. The van der Waals surface area contributed by atoms with Gasteiger partial charge in [0.15, 0.2) is 5.65 Å². The number of aromatic nitrogens is 3. The summed E-state index contributed by atoms with van der Waals surface area (Å²) in [4.78, 5) is 17.8. The molecule has 3 N–H and O–H groups in total.